The maximum atomic E-state index is 13.4. The molecule has 0 unspecified atom stereocenters. The zero-order valence-electron chi connectivity index (χ0n) is 21.2. The first-order valence-electron chi connectivity index (χ1n) is 11.6. The number of carbonyl (C=O) groups excluding carboxylic acids is 2. The van der Waals surface area contributed by atoms with E-state index in [2.05, 4.69) is 4.97 Å². The molecule has 0 saturated carbocycles. The molecule has 1 N–H and O–H groups in total. The van der Waals surface area contributed by atoms with Crippen molar-refractivity contribution in [1.29, 1.82) is 5.26 Å². The summed E-state index contributed by atoms with van der Waals surface area (Å²) in [5, 5.41) is 19.8. The molecule has 0 spiro atoms. The molecule has 3 rings (SSSR count). The van der Waals surface area contributed by atoms with E-state index in [1.54, 1.807) is 29.2 Å². The second-order valence-electron chi connectivity index (χ2n) is 8.15. The molecule has 2 aromatic rings. The number of phenols is 1. The van der Waals surface area contributed by atoms with Gasteiger partial charge in [0.15, 0.2) is 17.2 Å². The number of nitrogens with zero attached hydrogens (tertiary/aromatic N) is 2. The number of hydrogen-bond acceptors (Lipinski definition) is 9. The Morgan fingerprint density at radius 2 is 1.70 bits per heavy atom. The number of amides is 1. The van der Waals surface area contributed by atoms with Crippen LogP contribution in [-0.4, -0.2) is 67.0 Å². The van der Waals surface area contributed by atoms with Gasteiger partial charge in [0.1, 0.15) is 0 Å². The van der Waals surface area contributed by atoms with Crippen LogP contribution < -0.4 is 23.8 Å². The van der Waals surface area contributed by atoms with Crippen LogP contribution in [0.5, 0.6) is 28.7 Å². The van der Waals surface area contributed by atoms with E-state index in [9.17, 15) is 14.7 Å². The van der Waals surface area contributed by atoms with Crippen LogP contribution in [0.25, 0.3) is 0 Å². The van der Waals surface area contributed by atoms with Crippen molar-refractivity contribution < 1.29 is 38.4 Å². The summed E-state index contributed by atoms with van der Waals surface area (Å²) in [5.41, 5.74) is 1.15. The zero-order chi connectivity index (χ0) is 26.9. The van der Waals surface area contributed by atoms with Crippen LogP contribution in [-0.2, 0) is 14.3 Å². The Labute approximate surface area is 222 Å². The van der Waals surface area contributed by atoms with E-state index in [-0.39, 0.29) is 45.6 Å². The van der Waals surface area contributed by atoms with Crippen molar-refractivity contribution >= 4 is 32.5 Å². The third-order valence-corrected chi connectivity index (χ3v) is 7.36. The average molecular weight is 577 g/mol. The van der Waals surface area contributed by atoms with E-state index >= 15 is 0 Å². The summed E-state index contributed by atoms with van der Waals surface area (Å²) in [7, 11) is 5.92. The van der Waals surface area contributed by atoms with Crippen LogP contribution in [0.15, 0.2) is 30.3 Å². The summed E-state index contributed by atoms with van der Waals surface area (Å²) in [6.07, 6.45) is 1.65. The molecule has 2 aromatic carbocycles. The quantitative estimate of drug-likeness (QED) is 0.165. The van der Waals surface area contributed by atoms with Crippen LogP contribution in [0.2, 0.25) is 5.32 Å². The van der Waals surface area contributed by atoms with Gasteiger partial charge in [0.05, 0.1) is 28.4 Å². The average Bonchev–Trinajstić information content (AvgIpc) is 2.90. The molecule has 37 heavy (non-hydrogen) atoms. The minimum absolute atomic E-state index is 0.0598. The van der Waals surface area contributed by atoms with Gasteiger partial charge in [-0.25, -0.2) is 0 Å². The minimum Gasteiger partial charge on any atom is -0.504 e. The number of esters is 1. The van der Waals surface area contributed by atoms with Crippen LogP contribution >= 0.6 is 0 Å². The summed E-state index contributed by atoms with van der Waals surface area (Å²) in [6, 6.07) is 7.71. The summed E-state index contributed by atoms with van der Waals surface area (Å²) < 4.78 is 26.9. The molecular formula is C26H30N2O8Se. The van der Waals surface area contributed by atoms with Gasteiger partial charge in [-0.2, -0.15) is 0 Å². The number of carbonyl (C=O) groups is 2. The summed E-state index contributed by atoms with van der Waals surface area (Å²) >= 11 is -0.0598. The first kappa shape index (κ1) is 28.0. The van der Waals surface area contributed by atoms with E-state index < -0.39 is 12.0 Å². The first-order chi connectivity index (χ1) is 17.9. The van der Waals surface area contributed by atoms with Crippen molar-refractivity contribution in [3.63, 3.8) is 0 Å². The van der Waals surface area contributed by atoms with Gasteiger partial charge in [-0.15, -0.1) is 0 Å². The third kappa shape index (κ3) is 6.21. The molecule has 1 amide bonds. The fourth-order valence-electron chi connectivity index (χ4n) is 4.22. The van der Waals surface area contributed by atoms with Gasteiger partial charge in [-0.1, -0.05) is 0 Å². The molecule has 11 heteroatoms. The molecule has 0 radical (unpaired) electrons. The van der Waals surface area contributed by atoms with E-state index in [0.717, 1.165) is 11.7 Å². The SMILES string of the molecule is COc1ccc([C@H]2[C@@H](COC(=O)CCCC[Se]C#N)C(=O)N2c2cc(OC)c(OC)c(OC)c2)cc1O. The van der Waals surface area contributed by atoms with E-state index in [0.29, 0.717) is 40.7 Å². The number of rotatable bonds is 13. The smallest absolute Gasteiger partial charge is 0.504 e. The minimum atomic E-state index is -0.655. The summed E-state index contributed by atoms with van der Waals surface area (Å²) in [5.74, 6) is 0.0918. The number of benzene rings is 2. The van der Waals surface area contributed by atoms with Crippen molar-refractivity contribution in [1.82, 2.24) is 0 Å². The molecule has 0 aromatic heterocycles. The molecule has 1 heterocycles. The molecule has 1 saturated heterocycles. The monoisotopic (exact) mass is 578 g/mol. The second-order valence-corrected chi connectivity index (χ2v) is 10.00. The van der Waals surface area contributed by atoms with E-state index in [1.165, 1.54) is 34.5 Å². The van der Waals surface area contributed by atoms with Crippen molar-refractivity contribution in [3.05, 3.63) is 35.9 Å². The van der Waals surface area contributed by atoms with Crippen molar-refractivity contribution in [2.45, 2.75) is 30.6 Å². The van der Waals surface area contributed by atoms with Crippen LogP contribution in [0.4, 0.5) is 5.69 Å². The molecule has 0 aliphatic carbocycles. The van der Waals surface area contributed by atoms with Crippen molar-refractivity contribution in [2.75, 3.05) is 39.9 Å². The molecule has 2 atom stereocenters. The predicted octanol–water partition coefficient (Wildman–Crippen LogP) is 3.45. The Bertz CT molecular complexity index is 1140. The van der Waals surface area contributed by atoms with Gasteiger partial charge in [-0.05, 0) is 0 Å². The number of methoxy groups -OCH3 is 4. The fourth-order valence-corrected chi connectivity index (χ4v) is 5.14. The molecule has 198 valence electrons. The Balaban J connectivity index is 1.86. The first-order valence-corrected chi connectivity index (χ1v) is 13.6. The normalized spacial score (nSPS) is 16.4. The Morgan fingerprint density at radius 3 is 2.27 bits per heavy atom. The fraction of sp³-hybridized carbons (Fsp3) is 0.423. The van der Waals surface area contributed by atoms with Crippen LogP contribution in [0, 0.1) is 16.1 Å². The molecular weight excluding hydrogens is 547 g/mol. The van der Waals surface area contributed by atoms with Gasteiger partial charge in [-0.3, -0.25) is 0 Å². The zero-order valence-corrected chi connectivity index (χ0v) is 22.9. The van der Waals surface area contributed by atoms with E-state index in [4.69, 9.17) is 28.9 Å². The summed E-state index contributed by atoms with van der Waals surface area (Å²) in [6.45, 7) is -0.0990. The molecule has 1 fully saturated rings. The number of anilines is 1. The number of phenolic OH excluding ortho intramolecular Hbond substituents is 1. The van der Waals surface area contributed by atoms with Gasteiger partial charge in [0.2, 0.25) is 5.75 Å². The van der Waals surface area contributed by atoms with Crippen molar-refractivity contribution in [3.8, 4) is 33.7 Å². The second kappa shape index (κ2) is 13.1. The Kier molecular flexibility index (Phi) is 9.89. The number of β-lactam (4-membered cyclic amide) rings is 1. The van der Waals surface area contributed by atoms with Gasteiger partial charge >= 0.3 is 147 Å². The van der Waals surface area contributed by atoms with Crippen LogP contribution in [0.1, 0.15) is 30.9 Å². The maximum absolute atomic E-state index is 13.4. The number of hydrogen-bond donors (Lipinski definition) is 1. The molecule has 1 aliphatic rings. The molecule has 10 nitrogen and oxygen atoms in total. The Hall–Kier alpha value is -3.61. The topological polar surface area (TPSA) is 128 Å². The predicted molar refractivity (Wildman–Crippen MR) is 135 cm³/mol. The number of nitriles is 1. The van der Waals surface area contributed by atoms with Gasteiger partial charge in [0.25, 0.3) is 0 Å². The number of aromatic hydroxyl groups is 1. The summed E-state index contributed by atoms with van der Waals surface area (Å²) in [4.78, 5) is 29.3. The van der Waals surface area contributed by atoms with Crippen LogP contribution in [0.3, 0.4) is 0 Å². The Morgan fingerprint density at radius 1 is 1.03 bits per heavy atom. The third-order valence-electron chi connectivity index (χ3n) is 6.05. The van der Waals surface area contributed by atoms with Gasteiger partial charge < -0.3 is 24.1 Å². The molecule has 0 bridgehead atoms. The molecule has 1 aliphatic heterocycles. The van der Waals surface area contributed by atoms with E-state index in [1.807, 2.05) is 0 Å². The van der Waals surface area contributed by atoms with Gasteiger partial charge in [0, 0.05) is 0 Å². The van der Waals surface area contributed by atoms with Crippen molar-refractivity contribution in [2.24, 2.45) is 5.92 Å². The number of ether oxygens (including phenoxy) is 5. The standard InChI is InChI=1S/C26H30N2O8Se/c1-32-20-9-8-16(11-19(20)29)24-18(14-36-23(30)7-5-6-10-37-15-27)26(31)28(24)17-12-21(33-2)25(35-4)22(13-17)34-3/h8-9,11-13,18,24,29H,5-7,10,14H2,1-4H3/t18-,24+/m1/s1. The number of unbranched alkanes of at least 4 members (excludes halogenated alkanes) is 1.